The van der Waals surface area contributed by atoms with Crippen LogP contribution in [-0.4, -0.2) is 48.3 Å². The number of hydrogen-bond donors (Lipinski definition) is 0. The Labute approximate surface area is 186 Å². The summed E-state index contributed by atoms with van der Waals surface area (Å²) in [7, 11) is 3.26. The molecule has 1 aliphatic heterocycles. The molecular formula is C24H25N3O5. The maximum atomic E-state index is 13.2. The molecule has 0 atom stereocenters. The number of carbonyl (C=O) groups is 1. The molecule has 8 nitrogen and oxygen atoms in total. The zero-order valence-corrected chi connectivity index (χ0v) is 18.1. The fourth-order valence-electron chi connectivity index (χ4n) is 4.08. The van der Waals surface area contributed by atoms with Gasteiger partial charge in [-0.05, 0) is 54.8 Å². The largest absolute Gasteiger partial charge is 0.497 e. The van der Waals surface area contributed by atoms with Crippen LogP contribution in [0.5, 0.6) is 17.2 Å². The second kappa shape index (κ2) is 8.18. The smallest absolute Gasteiger partial charge is 0.264 e. The highest BCUT2D eigenvalue weighted by molar-refractivity contribution is 5.92. The molecule has 1 saturated heterocycles. The van der Waals surface area contributed by atoms with E-state index in [4.69, 9.17) is 18.7 Å². The fraction of sp³-hybridized carbons (Fsp3) is 0.375. The van der Waals surface area contributed by atoms with Crippen molar-refractivity contribution in [1.82, 2.24) is 15.0 Å². The van der Waals surface area contributed by atoms with E-state index in [0.717, 1.165) is 29.9 Å². The van der Waals surface area contributed by atoms with E-state index in [1.54, 1.807) is 14.2 Å². The van der Waals surface area contributed by atoms with Crippen LogP contribution in [0.3, 0.4) is 0 Å². The molecule has 0 spiro atoms. The van der Waals surface area contributed by atoms with E-state index in [-0.39, 0.29) is 23.8 Å². The van der Waals surface area contributed by atoms with Crippen molar-refractivity contribution in [2.24, 2.45) is 0 Å². The summed E-state index contributed by atoms with van der Waals surface area (Å²) < 4.78 is 21.4. The van der Waals surface area contributed by atoms with Crippen molar-refractivity contribution in [3.8, 4) is 17.2 Å². The second-order valence-electron chi connectivity index (χ2n) is 8.23. The molecule has 166 valence electrons. The van der Waals surface area contributed by atoms with Gasteiger partial charge in [-0.1, -0.05) is 17.3 Å². The topological polar surface area (TPSA) is 86.9 Å². The average Bonchev–Trinajstić information content (AvgIpc) is 3.50. The zero-order chi connectivity index (χ0) is 22.1. The molecule has 0 radical (unpaired) electrons. The summed E-state index contributed by atoms with van der Waals surface area (Å²) in [5, 5.41) is 4.09. The molecule has 0 bridgehead atoms. The lowest BCUT2D eigenvalue weighted by molar-refractivity contribution is -0.138. The molecular weight excluding hydrogens is 410 g/mol. The van der Waals surface area contributed by atoms with Crippen molar-refractivity contribution in [3.05, 3.63) is 65.8 Å². The number of aromatic nitrogens is 2. The van der Waals surface area contributed by atoms with Crippen LogP contribution >= 0.6 is 0 Å². The Balaban J connectivity index is 1.15. The van der Waals surface area contributed by atoms with Gasteiger partial charge in [0.05, 0.1) is 25.6 Å². The average molecular weight is 435 g/mol. The first-order valence-electron chi connectivity index (χ1n) is 10.6. The van der Waals surface area contributed by atoms with Gasteiger partial charge < -0.3 is 23.6 Å². The maximum Gasteiger partial charge on any atom is 0.264 e. The monoisotopic (exact) mass is 435 g/mol. The first kappa shape index (κ1) is 20.4. The number of methoxy groups -OCH3 is 2. The van der Waals surface area contributed by atoms with Gasteiger partial charge in [0.25, 0.3) is 5.89 Å². The highest BCUT2D eigenvalue weighted by atomic mass is 16.5. The summed E-state index contributed by atoms with van der Waals surface area (Å²) in [6.45, 7) is 1.40. The molecule has 0 N–H and O–H groups in total. The summed E-state index contributed by atoms with van der Waals surface area (Å²) in [6, 6.07) is 15.1. The van der Waals surface area contributed by atoms with Gasteiger partial charge in [-0.2, -0.15) is 4.98 Å². The fourth-order valence-corrected chi connectivity index (χ4v) is 4.08. The molecule has 8 heteroatoms. The number of nitrogens with zero attached hydrogens (tertiary/aromatic N) is 3. The number of ether oxygens (including phenoxy) is 3. The third-order valence-corrected chi connectivity index (χ3v) is 6.24. The summed E-state index contributed by atoms with van der Waals surface area (Å²) in [5.74, 6) is 3.56. The summed E-state index contributed by atoms with van der Waals surface area (Å²) >= 11 is 0. The molecule has 1 amide bonds. The molecule has 2 aromatic carbocycles. The van der Waals surface area contributed by atoms with Crippen molar-refractivity contribution < 1.29 is 23.5 Å². The van der Waals surface area contributed by atoms with Crippen molar-refractivity contribution in [2.45, 2.75) is 30.8 Å². The number of benzene rings is 2. The molecule has 2 fully saturated rings. The number of likely N-dealkylation sites (tertiary alicyclic amines) is 1. The van der Waals surface area contributed by atoms with Crippen LogP contribution in [0.25, 0.3) is 0 Å². The van der Waals surface area contributed by atoms with Gasteiger partial charge in [-0.15, -0.1) is 0 Å². The SMILES string of the molecule is COc1ccc(OCc2nc(C3CN(C(=O)C4(c5ccc(OC)cc5)CC4)C3)no2)cc1. The lowest BCUT2D eigenvalue weighted by Crippen LogP contribution is -2.52. The normalized spacial score (nSPS) is 16.9. The van der Waals surface area contributed by atoms with E-state index in [1.807, 2.05) is 53.4 Å². The van der Waals surface area contributed by atoms with E-state index in [0.29, 0.717) is 30.6 Å². The summed E-state index contributed by atoms with van der Waals surface area (Å²) in [5.41, 5.74) is 0.676. The first-order chi connectivity index (χ1) is 15.6. The van der Waals surface area contributed by atoms with Crippen molar-refractivity contribution in [1.29, 1.82) is 0 Å². The van der Waals surface area contributed by atoms with E-state index < -0.39 is 0 Å². The van der Waals surface area contributed by atoms with Gasteiger partial charge in [0.2, 0.25) is 5.91 Å². The molecule has 32 heavy (non-hydrogen) atoms. The van der Waals surface area contributed by atoms with Crippen LogP contribution in [0.15, 0.2) is 53.1 Å². The Bertz CT molecular complexity index is 1080. The molecule has 1 saturated carbocycles. The number of carbonyl (C=O) groups excluding carboxylic acids is 1. The molecule has 1 aromatic heterocycles. The van der Waals surface area contributed by atoms with Crippen LogP contribution in [0.1, 0.15) is 36.0 Å². The third-order valence-electron chi connectivity index (χ3n) is 6.24. The molecule has 5 rings (SSSR count). The van der Waals surface area contributed by atoms with Gasteiger partial charge in [0.15, 0.2) is 12.4 Å². The summed E-state index contributed by atoms with van der Waals surface area (Å²) in [4.78, 5) is 19.5. The predicted molar refractivity (Wildman–Crippen MR) is 115 cm³/mol. The highest BCUT2D eigenvalue weighted by Crippen LogP contribution is 2.51. The van der Waals surface area contributed by atoms with Crippen LogP contribution in [0.4, 0.5) is 0 Å². The van der Waals surface area contributed by atoms with E-state index in [2.05, 4.69) is 10.1 Å². The lowest BCUT2D eigenvalue weighted by Gasteiger charge is -2.39. The molecule has 0 unspecified atom stereocenters. The van der Waals surface area contributed by atoms with E-state index >= 15 is 0 Å². The van der Waals surface area contributed by atoms with Gasteiger partial charge in [-0.3, -0.25) is 4.79 Å². The Morgan fingerprint density at radius 1 is 1.00 bits per heavy atom. The predicted octanol–water partition coefficient (Wildman–Crippen LogP) is 3.32. The minimum atomic E-state index is -0.383. The Morgan fingerprint density at radius 2 is 1.59 bits per heavy atom. The lowest BCUT2D eigenvalue weighted by atomic mass is 9.90. The van der Waals surface area contributed by atoms with E-state index in [9.17, 15) is 4.79 Å². The van der Waals surface area contributed by atoms with Crippen LogP contribution in [-0.2, 0) is 16.8 Å². The van der Waals surface area contributed by atoms with Crippen molar-refractivity contribution in [2.75, 3.05) is 27.3 Å². The Kier molecular flexibility index (Phi) is 5.20. The Hall–Kier alpha value is -3.55. The standard InChI is InChI=1S/C24H25N3O5/c1-29-18-5-3-17(4-6-18)24(11-12-24)23(28)27-13-16(14-27)22-25-21(32-26-22)15-31-20-9-7-19(30-2)8-10-20/h3-10,16H,11-15H2,1-2H3. The van der Waals surface area contributed by atoms with E-state index in [1.165, 1.54) is 0 Å². The zero-order valence-electron chi connectivity index (χ0n) is 18.1. The maximum absolute atomic E-state index is 13.2. The molecule has 3 aromatic rings. The minimum absolute atomic E-state index is 0.0871. The van der Waals surface area contributed by atoms with Crippen LogP contribution in [0.2, 0.25) is 0 Å². The second-order valence-corrected chi connectivity index (χ2v) is 8.23. The molecule has 1 aliphatic carbocycles. The van der Waals surface area contributed by atoms with Gasteiger partial charge >= 0.3 is 0 Å². The first-order valence-corrected chi connectivity index (χ1v) is 10.6. The van der Waals surface area contributed by atoms with Crippen molar-refractivity contribution in [3.63, 3.8) is 0 Å². The number of rotatable bonds is 8. The summed E-state index contributed by atoms with van der Waals surface area (Å²) in [6.07, 6.45) is 1.77. The van der Waals surface area contributed by atoms with Crippen molar-refractivity contribution >= 4 is 5.91 Å². The molecule has 2 aliphatic rings. The van der Waals surface area contributed by atoms with Gasteiger partial charge in [0, 0.05) is 13.1 Å². The molecule has 2 heterocycles. The van der Waals surface area contributed by atoms with Crippen LogP contribution in [0, 0.1) is 0 Å². The van der Waals surface area contributed by atoms with Gasteiger partial charge in [-0.25, -0.2) is 0 Å². The Morgan fingerprint density at radius 3 is 2.19 bits per heavy atom. The van der Waals surface area contributed by atoms with Gasteiger partial charge in [0.1, 0.15) is 17.2 Å². The number of amides is 1. The third kappa shape index (κ3) is 3.77. The minimum Gasteiger partial charge on any atom is -0.497 e. The van der Waals surface area contributed by atoms with Crippen LogP contribution < -0.4 is 14.2 Å². The highest BCUT2D eigenvalue weighted by Gasteiger charge is 2.55. The number of hydrogen-bond acceptors (Lipinski definition) is 7. The quantitative estimate of drug-likeness (QED) is 0.536.